The molecule has 0 spiro atoms. The summed E-state index contributed by atoms with van der Waals surface area (Å²) in [6.45, 7) is 13.3. The van der Waals surface area contributed by atoms with Crippen LogP contribution in [-0.4, -0.2) is 117 Å². The number of ether oxygens (including phenoxy) is 5. The van der Waals surface area contributed by atoms with Crippen LogP contribution in [0.4, 0.5) is 4.79 Å². The lowest BCUT2D eigenvalue weighted by Gasteiger charge is -2.52. The van der Waals surface area contributed by atoms with Crippen LogP contribution in [0, 0.1) is 5.92 Å². The number of halogens is 1. The molecular formula is C51H96ClN2O13P. The van der Waals surface area contributed by atoms with E-state index in [4.69, 9.17) is 44.3 Å². The van der Waals surface area contributed by atoms with E-state index in [9.17, 15) is 28.9 Å². The van der Waals surface area contributed by atoms with E-state index in [1.165, 1.54) is 70.6 Å². The van der Waals surface area contributed by atoms with E-state index >= 15 is 0 Å². The van der Waals surface area contributed by atoms with Gasteiger partial charge in [0.15, 0.2) is 6.10 Å². The number of alkyl carbamates (subject to hydrolysis) is 1. The number of alkyl halides is 1. The normalized spacial score (nSPS) is 19.8. The van der Waals surface area contributed by atoms with Crippen molar-refractivity contribution in [1.29, 1.82) is 0 Å². The molecule has 1 aliphatic carbocycles. The number of methoxy groups -OCH3 is 1. The predicted molar refractivity (Wildman–Crippen MR) is 270 cm³/mol. The van der Waals surface area contributed by atoms with E-state index in [0.717, 1.165) is 63.5 Å². The molecule has 2 unspecified atom stereocenters. The van der Waals surface area contributed by atoms with Gasteiger partial charge in [-0.05, 0) is 72.8 Å². The van der Waals surface area contributed by atoms with E-state index in [1.807, 2.05) is 33.8 Å². The molecule has 1 fully saturated rings. The fourth-order valence-electron chi connectivity index (χ4n) is 8.64. The highest BCUT2D eigenvalue weighted by molar-refractivity contribution is 7.47. The molecule has 0 saturated heterocycles. The SMILES string of the molecule is CCCCCCCCCCCCCCCCC(=O)OCC(COP(=O)(O)OCCC)OC(=O)CCCCCCCCNCCNC(=O)O[C@@H]1CC[C@](O)(CCl)[C@@H](C(C)(C)OCC=C(C)C)[C@@H]1OC. The first-order valence-electron chi connectivity index (χ1n) is 26.2. The summed E-state index contributed by atoms with van der Waals surface area (Å²) in [5.74, 6) is -1.43. The van der Waals surface area contributed by atoms with Crippen molar-refractivity contribution in [3.63, 3.8) is 0 Å². The van der Waals surface area contributed by atoms with Gasteiger partial charge in [-0.3, -0.25) is 18.6 Å². The maximum absolute atomic E-state index is 12.8. The smallest absolute Gasteiger partial charge is 0.462 e. The zero-order chi connectivity index (χ0) is 50.5. The quantitative estimate of drug-likeness (QED) is 0.0112. The lowest BCUT2D eigenvalue weighted by molar-refractivity contribution is -0.215. The van der Waals surface area contributed by atoms with Gasteiger partial charge in [0.05, 0.1) is 36.9 Å². The lowest BCUT2D eigenvalue weighted by atomic mass is 9.66. The van der Waals surface area contributed by atoms with E-state index in [1.54, 1.807) is 14.0 Å². The summed E-state index contributed by atoms with van der Waals surface area (Å²) in [5.41, 5.74) is -0.952. The molecule has 4 N–H and O–H groups in total. The van der Waals surface area contributed by atoms with Crippen molar-refractivity contribution in [3.8, 4) is 0 Å². The molecule has 6 atom stereocenters. The minimum Gasteiger partial charge on any atom is -0.462 e. The van der Waals surface area contributed by atoms with Crippen LogP contribution in [0.5, 0.6) is 0 Å². The Kier molecular flexibility index (Phi) is 36.6. The first kappa shape index (κ1) is 64.2. The van der Waals surface area contributed by atoms with Crippen LogP contribution in [-0.2, 0) is 46.9 Å². The molecule has 17 heteroatoms. The highest BCUT2D eigenvalue weighted by Crippen LogP contribution is 2.45. The molecule has 1 rings (SSSR count). The number of allylic oxidation sites excluding steroid dienone is 1. The molecular weight excluding hydrogens is 915 g/mol. The molecule has 0 aromatic rings. The molecule has 1 amide bonds. The van der Waals surface area contributed by atoms with Crippen molar-refractivity contribution in [3.05, 3.63) is 11.6 Å². The monoisotopic (exact) mass is 1010 g/mol. The number of esters is 2. The fourth-order valence-corrected chi connectivity index (χ4v) is 9.78. The van der Waals surface area contributed by atoms with Gasteiger partial charge in [0.1, 0.15) is 18.8 Å². The standard InChI is InChI=1S/C51H96ClN2O13P/c1-8-10-11-12-13-14-15-16-17-18-19-20-23-26-29-45(55)62-39-43(40-65-68(59,60)64-37-9-2)66-46(56)30-27-24-21-22-25-28-34-53-35-36-54-49(57)67-44-31-33-51(58,41-52)48(47(44)61-7)50(5,6)63-38-32-42(3)4/h32,43-44,47-48,53,58H,8-31,33-41H2,1-7H3,(H,54,57)(H,59,60)/t43?,44-,47-,48-,51+/m1/s1. The van der Waals surface area contributed by atoms with Crippen LogP contribution < -0.4 is 10.6 Å². The van der Waals surface area contributed by atoms with Crippen molar-refractivity contribution in [1.82, 2.24) is 10.6 Å². The second kappa shape index (κ2) is 38.8. The van der Waals surface area contributed by atoms with Gasteiger partial charge in [0, 0.05) is 39.0 Å². The van der Waals surface area contributed by atoms with E-state index in [2.05, 4.69) is 17.6 Å². The van der Waals surface area contributed by atoms with Crippen molar-refractivity contribution in [2.45, 2.75) is 232 Å². The van der Waals surface area contributed by atoms with Crippen molar-refractivity contribution in [2.24, 2.45) is 5.92 Å². The third-order valence-electron chi connectivity index (χ3n) is 12.5. The number of carbonyl (C=O) groups excluding carboxylic acids is 3. The minimum atomic E-state index is -4.35. The maximum atomic E-state index is 12.8. The average molecular weight is 1010 g/mol. The summed E-state index contributed by atoms with van der Waals surface area (Å²) in [6.07, 6.45) is 23.3. The van der Waals surface area contributed by atoms with Crippen molar-refractivity contribution in [2.75, 3.05) is 59.1 Å². The highest BCUT2D eigenvalue weighted by Gasteiger charge is 2.56. The van der Waals surface area contributed by atoms with Crippen molar-refractivity contribution < 1.29 is 61.7 Å². The first-order chi connectivity index (χ1) is 32.5. The molecule has 0 aromatic carbocycles. The Hall–Kier alpha value is -1.81. The van der Waals surface area contributed by atoms with E-state index in [-0.39, 0.29) is 31.9 Å². The van der Waals surface area contributed by atoms with Crippen LogP contribution >= 0.6 is 19.4 Å². The number of amides is 1. The molecule has 0 radical (unpaired) electrons. The Bertz CT molecular complexity index is 1400. The zero-order valence-corrected chi connectivity index (χ0v) is 45.1. The number of unbranched alkanes of at least 4 members (excludes halogenated alkanes) is 18. The Morgan fingerprint density at radius 1 is 0.779 bits per heavy atom. The molecule has 400 valence electrons. The van der Waals surface area contributed by atoms with Crippen molar-refractivity contribution >= 4 is 37.5 Å². The number of hydrogen-bond donors (Lipinski definition) is 4. The van der Waals surface area contributed by atoms with E-state index < -0.39 is 67.9 Å². The molecule has 0 heterocycles. The third kappa shape index (κ3) is 30.8. The van der Waals surface area contributed by atoms with Crippen LogP contribution in [0.1, 0.15) is 202 Å². The van der Waals surface area contributed by atoms with Gasteiger partial charge < -0.3 is 44.3 Å². The number of rotatable bonds is 43. The molecule has 0 aliphatic heterocycles. The molecule has 15 nitrogen and oxygen atoms in total. The number of aliphatic hydroxyl groups is 1. The van der Waals surface area contributed by atoms with Gasteiger partial charge in [0.2, 0.25) is 0 Å². The third-order valence-corrected chi connectivity index (χ3v) is 13.9. The van der Waals surface area contributed by atoms with Gasteiger partial charge in [0.25, 0.3) is 0 Å². The minimum absolute atomic E-state index is 0.00316. The number of nitrogens with one attached hydrogen (secondary N) is 2. The average Bonchev–Trinajstić information content (AvgIpc) is 3.29. The second-order valence-electron chi connectivity index (χ2n) is 19.4. The fraction of sp³-hybridized carbons (Fsp3) is 0.902. The van der Waals surface area contributed by atoms with Gasteiger partial charge >= 0.3 is 25.9 Å². The second-order valence-corrected chi connectivity index (χ2v) is 21.1. The molecule has 0 bridgehead atoms. The lowest BCUT2D eigenvalue weighted by Crippen LogP contribution is -2.64. The Labute approximate surface area is 416 Å². The summed E-state index contributed by atoms with van der Waals surface area (Å²) in [4.78, 5) is 48.0. The summed E-state index contributed by atoms with van der Waals surface area (Å²) in [6, 6.07) is 0. The first-order valence-corrected chi connectivity index (χ1v) is 28.3. The maximum Gasteiger partial charge on any atom is 0.472 e. The van der Waals surface area contributed by atoms with Gasteiger partial charge in [-0.2, -0.15) is 0 Å². The Morgan fingerprint density at radius 2 is 1.34 bits per heavy atom. The van der Waals surface area contributed by atoms with Gasteiger partial charge in [-0.15, -0.1) is 11.6 Å². The Balaban J connectivity index is 2.31. The van der Waals surface area contributed by atoms with Crippen LogP contribution in [0.25, 0.3) is 0 Å². The van der Waals surface area contributed by atoms with Gasteiger partial charge in [-0.1, -0.05) is 135 Å². The summed E-state index contributed by atoms with van der Waals surface area (Å²) in [5, 5.41) is 17.7. The number of phosphoric ester groups is 1. The predicted octanol–water partition coefficient (Wildman–Crippen LogP) is 11.4. The summed E-state index contributed by atoms with van der Waals surface area (Å²) >= 11 is 6.30. The summed E-state index contributed by atoms with van der Waals surface area (Å²) < 4.78 is 51.0. The van der Waals surface area contributed by atoms with E-state index in [0.29, 0.717) is 45.4 Å². The van der Waals surface area contributed by atoms with Crippen LogP contribution in [0.15, 0.2) is 11.6 Å². The Morgan fingerprint density at radius 3 is 1.88 bits per heavy atom. The number of phosphoric acid groups is 1. The highest BCUT2D eigenvalue weighted by atomic mass is 35.5. The largest absolute Gasteiger partial charge is 0.472 e. The topological polar surface area (TPSA) is 197 Å². The molecule has 1 saturated carbocycles. The number of hydrogen-bond acceptors (Lipinski definition) is 13. The summed E-state index contributed by atoms with van der Waals surface area (Å²) in [7, 11) is -2.81. The molecule has 68 heavy (non-hydrogen) atoms. The molecule has 0 aromatic heterocycles. The molecule has 1 aliphatic rings. The zero-order valence-electron chi connectivity index (χ0n) is 43.4. The van der Waals surface area contributed by atoms with Crippen LogP contribution in [0.2, 0.25) is 0 Å². The van der Waals surface area contributed by atoms with Gasteiger partial charge in [-0.25, -0.2) is 9.36 Å². The van der Waals surface area contributed by atoms with Crippen LogP contribution in [0.3, 0.4) is 0 Å². The number of carbonyl (C=O) groups is 3.